The normalized spacial score (nSPS) is 16.0. The third kappa shape index (κ3) is 6.01. The van der Waals surface area contributed by atoms with E-state index in [0.29, 0.717) is 0 Å². The number of benzene rings is 1. The SMILES string of the molecule is CN=C(NCCN1CCN(C(C)=O)CC1)N(C)Cc1ccccc1Br. The molecule has 0 aliphatic carbocycles. The van der Waals surface area contributed by atoms with Crippen molar-refractivity contribution in [2.75, 3.05) is 53.4 Å². The van der Waals surface area contributed by atoms with Crippen LogP contribution in [0.25, 0.3) is 0 Å². The number of rotatable bonds is 5. The molecule has 1 N–H and O–H groups in total. The minimum atomic E-state index is 0.173. The number of aliphatic imine (C=N–C) groups is 1. The van der Waals surface area contributed by atoms with Crippen LogP contribution < -0.4 is 5.32 Å². The fourth-order valence-electron chi connectivity index (χ4n) is 2.95. The van der Waals surface area contributed by atoms with Gasteiger partial charge in [-0.2, -0.15) is 0 Å². The number of carbonyl (C=O) groups is 1. The quantitative estimate of drug-likeness (QED) is 0.592. The first kappa shape index (κ1) is 19.7. The summed E-state index contributed by atoms with van der Waals surface area (Å²) in [4.78, 5) is 22.2. The fraction of sp³-hybridized carbons (Fsp3) is 0.556. The molecule has 0 unspecified atom stereocenters. The van der Waals surface area contributed by atoms with Crippen LogP contribution in [0.3, 0.4) is 0 Å². The molecule has 0 atom stereocenters. The smallest absolute Gasteiger partial charge is 0.219 e. The van der Waals surface area contributed by atoms with Crippen molar-refractivity contribution < 1.29 is 4.79 Å². The van der Waals surface area contributed by atoms with Crippen molar-refractivity contribution in [3.63, 3.8) is 0 Å². The van der Waals surface area contributed by atoms with Crippen molar-refractivity contribution in [3.05, 3.63) is 34.3 Å². The Balaban J connectivity index is 1.75. The second-order valence-electron chi connectivity index (χ2n) is 6.27. The molecule has 1 aromatic carbocycles. The lowest BCUT2D eigenvalue weighted by molar-refractivity contribution is -0.130. The molecule has 0 bridgehead atoms. The topological polar surface area (TPSA) is 51.2 Å². The highest BCUT2D eigenvalue weighted by molar-refractivity contribution is 9.10. The van der Waals surface area contributed by atoms with Crippen LogP contribution in [0, 0.1) is 0 Å². The molecule has 0 spiro atoms. The Hall–Kier alpha value is -1.60. The van der Waals surface area contributed by atoms with Crippen molar-refractivity contribution in [1.29, 1.82) is 0 Å². The Morgan fingerprint density at radius 1 is 1.28 bits per heavy atom. The van der Waals surface area contributed by atoms with Crippen LogP contribution in [0.15, 0.2) is 33.7 Å². The maximum Gasteiger partial charge on any atom is 0.219 e. The van der Waals surface area contributed by atoms with Gasteiger partial charge in [0.1, 0.15) is 0 Å². The summed E-state index contributed by atoms with van der Waals surface area (Å²) in [7, 11) is 3.85. The first-order valence-electron chi connectivity index (χ1n) is 8.64. The third-order valence-electron chi connectivity index (χ3n) is 4.47. The summed E-state index contributed by atoms with van der Waals surface area (Å²) in [6.07, 6.45) is 0. The van der Waals surface area contributed by atoms with E-state index in [9.17, 15) is 4.79 Å². The van der Waals surface area contributed by atoms with Crippen LogP contribution in [0.5, 0.6) is 0 Å². The molecule has 1 fully saturated rings. The largest absolute Gasteiger partial charge is 0.355 e. The average molecular weight is 410 g/mol. The van der Waals surface area contributed by atoms with Crippen LogP contribution in [0.1, 0.15) is 12.5 Å². The van der Waals surface area contributed by atoms with E-state index in [1.165, 1.54) is 5.56 Å². The van der Waals surface area contributed by atoms with Crippen LogP contribution >= 0.6 is 15.9 Å². The van der Waals surface area contributed by atoms with Gasteiger partial charge in [0.05, 0.1) is 0 Å². The van der Waals surface area contributed by atoms with E-state index < -0.39 is 0 Å². The van der Waals surface area contributed by atoms with Gasteiger partial charge in [-0.3, -0.25) is 14.7 Å². The lowest BCUT2D eigenvalue weighted by Gasteiger charge is -2.34. The molecule has 1 aromatic rings. The molecule has 0 saturated carbocycles. The average Bonchev–Trinajstić information content (AvgIpc) is 2.61. The Morgan fingerprint density at radius 2 is 1.96 bits per heavy atom. The third-order valence-corrected chi connectivity index (χ3v) is 5.24. The standard InChI is InChI=1S/C18H28BrN5O/c1-15(25)24-12-10-23(11-13-24)9-8-21-18(20-2)22(3)14-16-6-4-5-7-17(16)19/h4-7H,8-14H2,1-3H3,(H,20,21). The van der Waals surface area contributed by atoms with Gasteiger partial charge in [0, 0.05) is 71.3 Å². The molecular formula is C18H28BrN5O. The summed E-state index contributed by atoms with van der Waals surface area (Å²) in [6.45, 7) is 7.75. The van der Waals surface area contributed by atoms with Gasteiger partial charge in [-0.1, -0.05) is 34.1 Å². The molecule has 1 aliphatic heterocycles. The van der Waals surface area contributed by atoms with E-state index in [-0.39, 0.29) is 5.91 Å². The van der Waals surface area contributed by atoms with E-state index in [1.807, 2.05) is 31.1 Å². The Labute approximate surface area is 159 Å². The van der Waals surface area contributed by atoms with E-state index in [4.69, 9.17) is 0 Å². The number of carbonyl (C=O) groups excluding carboxylic acids is 1. The van der Waals surface area contributed by atoms with Crippen LogP contribution in [-0.4, -0.2) is 79.9 Å². The minimum absolute atomic E-state index is 0.173. The number of nitrogens with one attached hydrogen (secondary N) is 1. The van der Waals surface area contributed by atoms with Crippen molar-refractivity contribution in [3.8, 4) is 0 Å². The number of nitrogens with zero attached hydrogens (tertiary/aromatic N) is 4. The molecule has 6 nitrogen and oxygen atoms in total. The summed E-state index contributed by atoms with van der Waals surface area (Å²) >= 11 is 3.59. The van der Waals surface area contributed by atoms with Crippen molar-refractivity contribution in [2.45, 2.75) is 13.5 Å². The molecule has 7 heteroatoms. The van der Waals surface area contributed by atoms with Gasteiger partial charge in [0.2, 0.25) is 5.91 Å². The van der Waals surface area contributed by atoms with Crippen molar-refractivity contribution >= 4 is 27.8 Å². The number of amides is 1. The Morgan fingerprint density at radius 3 is 2.56 bits per heavy atom. The molecule has 1 amide bonds. The molecule has 1 heterocycles. The molecule has 0 aromatic heterocycles. The number of piperazine rings is 1. The van der Waals surface area contributed by atoms with Crippen LogP contribution in [0.2, 0.25) is 0 Å². The second-order valence-corrected chi connectivity index (χ2v) is 7.12. The highest BCUT2D eigenvalue weighted by Crippen LogP contribution is 2.17. The van der Waals surface area contributed by atoms with Gasteiger partial charge in [-0.05, 0) is 11.6 Å². The first-order chi connectivity index (χ1) is 12.0. The predicted octanol–water partition coefficient (Wildman–Crippen LogP) is 1.62. The highest BCUT2D eigenvalue weighted by Gasteiger charge is 2.18. The van der Waals surface area contributed by atoms with E-state index in [2.05, 4.69) is 48.2 Å². The zero-order valence-electron chi connectivity index (χ0n) is 15.3. The number of guanidine groups is 1. The van der Waals surface area contributed by atoms with E-state index in [1.54, 1.807) is 6.92 Å². The molecule has 138 valence electrons. The second kappa shape index (κ2) is 9.77. The van der Waals surface area contributed by atoms with Crippen molar-refractivity contribution in [2.24, 2.45) is 4.99 Å². The predicted molar refractivity (Wildman–Crippen MR) is 106 cm³/mol. The fourth-order valence-corrected chi connectivity index (χ4v) is 3.36. The van der Waals surface area contributed by atoms with Gasteiger partial charge >= 0.3 is 0 Å². The zero-order valence-corrected chi connectivity index (χ0v) is 16.9. The lowest BCUT2D eigenvalue weighted by atomic mass is 10.2. The van der Waals surface area contributed by atoms with Crippen molar-refractivity contribution in [1.82, 2.24) is 20.0 Å². The summed E-state index contributed by atoms with van der Waals surface area (Å²) < 4.78 is 1.11. The number of halogens is 1. The van der Waals surface area contributed by atoms with Gasteiger partial charge in [-0.15, -0.1) is 0 Å². The maximum atomic E-state index is 11.4. The van der Waals surface area contributed by atoms with Gasteiger partial charge in [-0.25, -0.2) is 0 Å². The Bertz CT molecular complexity index is 599. The molecule has 25 heavy (non-hydrogen) atoms. The molecular weight excluding hydrogens is 382 g/mol. The first-order valence-corrected chi connectivity index (χ1v) is 9.43. The van der Waals surface area contributed by atoms with Crippen LogP contribution in [0.4, 0.5) is 0 Å². The summed E-state index contributed by atoms with van der Waals surface area (Å²) in [5.74, 6) is 1.06. The lowest BCUT2D eigenvalue weighted by Crippen LogP contribution is -2.50. The summed E-state index contributed by atoms with van der Waals surface area (Å²) in [6, 6.07) is 8.24. The number of hydrogen-bond donors (Lipinski definition) is 1. The maximum absolute atomic E-state index is 11.4. The number of hydrogen-bond acceptors (Lipinski definition) is 3. The molecule has 0 radical (unpaired) electrons. The van der Waals surface area contributed by atoms with Gasteiger partial charge < -0.3 is 15.1 Å². The van der Waals surface area contributed by atoms with Gasteiger partial charge in [0.25, 0.3) is 0 Å². The highest BCUT2D eigenvalue weighted by atomic mass is 79.9. The summed E-state index contributed by atoms with van der Waals surface area (Å²) in [5, 5.41) is 3.43. The molecule has 1 saturated heterocycles. The monoisotopic (exact) mass is 409 g/mol. The van der Waals surface area contributed by atoms with E-state index in [0.717, 1.165) is 56.2 Å². The summed E-state index contributed by atoms with van der Waals surface area (Å²) in [5.41, 5.74) is 1.23. The molecule has 2 rings (SSSR count). The zero-order chi connectivity index (χ0) is 18.2. The molecule has 1 aliphatic rings. The van der Waals surface area contributed by atoms with Gasteiger partial charge in [0.15, 0.2) is 5.96 Å². The van der Waals surface area contributed by atoms with E-state index >= 15 is 0 Å². The van der Waals surface area contributed by atoms with Crippen LogP contribution in [-0.2, 0) is 11.3 Å². The minimum Gasteiger partial charge on any atom is -0.355 e. The Kier molecular flexibility index (Phi) is 7.71.